The van der Waals surface area contributed by atoms with E-state index in [1.54, 1.807) is 0 Å². The molecule has 0 N–H and O–H groups in total. The highest BCUT2D eigenvalue weighted by Crippen LogP contribution is 2.47. The summed E-state index contributed by atoms with van der Waals surface area (Å²) >= 11 is 0. The monoisotopic (exact) mass is 750 g/mol. The van der Waals surface area contributed by atoms with E-state index in [9.17, 15) is 0 Å². The highest BCUT2D eigenvalue weighted by atomic mass is 16.7. The smallest absolute Gasteiger partial charge is 0.321 e. The van der Waals surface area contributed by atoms with Gasteiger partial charge in [0.1, 0.15) is 12.2 Å². The third-order valence-electron chi connectivity index (χ3n) is 13.6. The highest BCUT2D eigenvalue weighted by Gasteiger charge is 2.56. The first-order chi connectivity index (χ1) is 26.2. The summed E-state index contributed by atoms with van der Waals surface area (Å²) in [6.07, 6.45) is 6.02. The molecule has 3 aliphatic rings. The molecule has 2 aliphatic carbocycles. The van der Waals surface area contributed by atoms with Gasteiger partial charge in [0.05, 0.1) is 17.1 Å². The molecule has 1 heterocycles. The fourth-order valence-corrected chi connectivity index (χ4v) is 9.41. The number of carbonyl (C=O) groups is 2. The highest BCUT2D eigenvalue weighted by molar-refractivity contribution is 5.96. The van der Waals surface area contributed by atoms with Gasteiger partial charge in [0, 0.05) is 0 Å². The molecule has 0 radical (unpaired) electrons. The van der Waals surface area contributed by atoms with Crippen molar-refractivity contribution in [2.45, 2.75) is 154 Å². The summed E-state index contributed by atoms with van der Waals surface area (Å²) < 4.78 is 26.7. The molecule has 3 aromatic carbocycles. The van der Waals surface area contributed by atoms with Gasteiger partial charge in [-0.2, -0.15) is 0 Å². The Morgan fingerprint density at radius 3 is 1.35 bits per heavy atom. The molecule has 0 aromatic heterocycles. The lowest BCUT2D eigenvalue weighted by Gasteiger charge is -2.39. The van der Waals surface area contributed by atoms with Crippen molar-refractivity contribution in [3.63, 3.8) is 0 Å². The minimum absolute atomic E-state index is 0.182. The molecule has 1 aliphatic heterocycles. The van der Waals surface area contributed by atoms with Gasteiger partial charge in [-0.1, -0.05) is 132 Å². The second kappa shape index (κ2) is 17.8. The molecule has 6 heteroatoms. The average Bonchev–Trinajstić information content (AvgIpc) is 3.38. The van der Waals surface area contributed by atoms with E-state index in [-0.39, 0.29) is 24.0 Å². The summed E-state index contributed by atoms with van der Waals surface area (Å²) in [5.41, 5.74) is 2.03. The predicted molar refractivity (Wildman–Crippen MR) is 219 cm³/mol. The van der Waals surface area contributed by atoms with Gasteiger partial charge in [-0.3, -0.25) is 9.59 Å². The predicted octanol–water partition coefficient (Wildman–Crippen LogP) is 11.4. The zero-order valence-corrected chi connectivity index (χ0v) is 34.6. The first-order valence-electron chi connectivity index (χ1n) is 21.1. The third kappa shape index (κ3) is 9.92. The van der Waals surface area contributed by atoms with E-state index in [0.717, 1.165) is 56.9 Å². The second-order valence-electron chi connectivity index (χ2n) is 18.4. The Bertz CT molecular complexity index is 1570. The first-order valence-corrected chi connectivity index (χ1v) is 21.1. The van der Waals surface area contributed by atoms with Crippen molar-refractivity contribution in [2.24, 2.45) is 29.6 Å². The van der Waals surface area contributed by atoms with Crippen LogP contribution in [0.15, 0.2) is 91.0 Å². The summed E-state index contributed by atoms with van der Waals surface area (Å²) in [6, 6.07) is 30.9. The molecule has 9 atom stereocenters. The Morgan fingerprint density at radius 2 is 0.964 bits per heavy atom. The number of rotatable bonds is 13. The number of ether oxygens (including phenoxy) is 4. The van der Waals surface area contributed by atoms with Gasteiger partial charge < -0.3 is 18.9 Å². The molecule has 0 amide bonds. The van der Waals surface area contributed by atoms with Gasteiger partial charge in [0.25, 0.3) is 0 Å². The van der Waals surface area contributed by atoms with Crippen molar-refractivity contribution in [3.8, 4) is 0 Å². The lowest BCUT2D eigenvalue weighted by atomic mass is 9.75. The van der Waals surface area contributed by atoms with Gasteiger partial charge in [0.15, 0.2) is 12.2 Å². The van der Waals surface area contributed by atoms with Crippen molar-refractivity contribution < 1.29 is 28.5 Å². The van der Waals surface area contributed by atoms with E-state index >= 15 is 9.59 Å². The van der Waals surface area contributed by atoms with E-state index in [2.05, 4.69) is 76.2 Å². The van der Waals surface area contributed by atoms with Crippen LogP contribution in [0.25, 0.3) is 0 Å². The van der Waals surface area contributed by atoms with Crippen LogP contribution in [0.4, 0.5) is 0 Å². The van der Waals surface area contributed by atoms with Crippen LogP contribution in [-0.2, 0) is 28.5 Å². The number of esters is 2. The molecule has 6 nitrogen and oxygen atoms in total. The fourth-order valence-electron chi connectivity index (χ4n) is 9.41. The summed E-state index contributed by atoms with van der Waals surface area (Å²) in [5.74, 6) is -1.31. The summed E-state index contributed by atoms with van der Waals surface area (Å²) in [5, 5.41) is 0. The van der Waals surface area contributed by atoms with Crippen LogP contribution in [0.2, 0.25) is 0 Å². The third-order valence-corrected chi connectivity index (χ3v) is 13.6. The maximum Gasteiger partial charge on any atom is 0.321 e. The van der Waals surface area contributed by atoms with Crippen molar-refractivity contribution in [3.05, 3.63) is 108 Å². The molecule has 6 rings (SSSR count). The lowest BCUT2D eigenvalue weighted by molar-refractivity contribution is -0.184. The van der Waals surface area contributed by atoms with E-state index in [4.69, 9.17) is 18.9 Å². The Morgan fingerprint density at radius 1 is 0.600 bits per heavy atom. The molecular formula is C49H66O6. The summed E-state index contributed by atoms with van der Waals surface area (Å²) in [4.78, 5) is 30.1. The largest absolute Gasteiger partial charge is 0.461 e. The van der Waals surface area contributed by atoms with Crippen molar-refractivity contribution >= 4 is 11.9 Å². The molecule has 55 heavy (non-hydrogen) atoms. The van der Waals surface area contributed by atoms with Crippen LogP contribution >= 0.6 is 0 Å². The molecule has 0 spiro atoms. The standard InChI is InChI=1S/C49H66O6/c1-32-24-26-39(30-34(3)36-18-12-9-13-19-36)41(28-32)52-45(50)44(43(38-22-16-11-17-23-38)47-54-48(5,6)49(7,8)55-47)46(51)53-42-29-33(2)25-27-40(42)31-35(4)37-20-14-10-15-21-37/h9-23,32-35,39-44,47H,24-31H2,1-8H3/t32-,33-,34?,35?,39+,40+,41-,42-,43-,44?/m1/s1. The van der Waals surface area contributed by atoms with Gasteiger partial charge in [-0.25, -0.2) is 0 Å². The van der Waals surface area contributed by atoms with Gasteiger partial charge in [-0.15, -0.1) is 0 Å². The molecule has 1 saturated heterocycles. The van der Waals surface area contributed by atoms with E-state index in [1.807, 2.05) is 70.2 Å². The Balaban J connectivity index is 1.33. The molecule has 298 valence electrons. The van der Waals surface area contributed by atoms with Crippen molar-refractivity contribution in [2.75, 3.05) is 0 Å². The second-order valence-corrected chi connectivity index (χ2v) is 18.4. The Labute approximate surface area is 331 Å². The van der Waals surface area contributed by atoms with Crippen LogP contribution < -0.4 is 0 Å². The zero-order chi connectivity index (χ0) is 39.3. The maximum absolute atomic E-state index is 15.1. The van der Waals surface area contributed by atoms with Crippen LogP contribution in [-0.4, -0.2) is 41.6 Å². The lowest BCUT2D eigenvalue weighted by Crippen LogP contribution is -2.45. The van der Waals surface area contributed by atoms with E-state index < -0.39 is 41.3 Å². The maximum atomic E-state index is 15.1. The van der Waals surface area contributed by atoms with Gasteiger partial charge in [-0.05, 0) is 118 Å². The molecule has 3 aromatic rings. The number of benzene rings is 3. The minimum Gasteiger partial charge on any atom is -0.461 e. The van der Waals surface area contributed by atoms with Gasteiger partial charge in [0.2, 0.25) is 0 Å². The van der Waals surface area contributed by atoms with E-state index in [1.165, 1.54) is 11.1 Å². The molecular weight excluding hydrogens is 685 g/mol. The Kier molecular flexibility index (Phi) is 13.3. The summed E-state index contributed by atoms with van der Waals surface area (Å²) in [7, 11) is 0. The SMILES string of the molecule is CC(C[C@@H]1CC[C@@H](C)C[C@H]1OC(=O)C(C(=O)O[C@@H]1C[C@H](C)CC[C@H]1CC(C)c1ccccc1)[C@@H](c1ccccc1)C1OC(C)(C)C(C)(C)O1)c1ccccc1. The topological polar surface area (TPSA) is 71.1 Å². The van der Waals surface area contributed by atoms with Crippen LogP contribution in [0.1, 0.15) is 141 Å². The quantitative estimate of drug-likeness (QED) is 0.128. The summed E-state index contributed by atoms with van der Waals surface area (Å²) in [6.45, 7) is 17.0. The number of carbonyl (C=O) groups excluding carboxylic acids is 2. The van der Waals surface area contributed by atoms with Crippen LogP contribution in [0, 0.1) is 29.6 Å². The first kappa shape index (κ1) is 41.2. The number of hydrogen-bond acceptors (Lipinski definition) is 6. The van der Waals surface area contributed by atoms with Gasteiger partial charge >= 0.3 is 11.9 Å². The van der Waals surface area contributed by atoms with Crippen LogP contribution in [0.5, 0.6) is 0 Å². The zero-order valence-electron chi connectivity index (χ0n) is 34.6. The van der Waals surface area contributed by atoms with Crippen molar-refractivity contribution in [1.82, 2.24) is 0 Å². The van der Waals surface area contributed by atoms with Crippen molar-refractivity contribution in [1.29, 1.82) is 0 Å². The average molecular weight is 751 g/mol. The molecule has 0 bridgehead atoms. The fraction of sp³-hybridized carbons (Fsp3) is 0.592. The molecule has 3 fully saturated rings. The molecule has 2 saturated carbocycles. The number of hydrogen-bond donors (Lipinski definition) is 0. The minimum atomic E-state index is -1.27. The Hall–Kier alpha value is -3.48. The normalized spacial score (nSPS) is 28.7. The molecule has 2 unspecified atom stereocenters. The van der Waals surface area contributed by atoms with Crippen LogP contribution in [0.3, 0.4) is 0 Å². The van der Waals surface area contributed by atoms with E-state index in [0.29, 0.717) is 23.7 Å².